The Hall–Kier alpha value is -7.89. The van der Waals surface area contributed by atoms with Crippen LogP contribution < -0.4 is 44.4 Å². The molecular weight excluding hydrogens is 786 g/mol. The summed E-state index contributed by atoms with van der Waals surface area (Å²) in [5.41, 5.74) is 0.996. The van der Waals surface area contributed by atoms with Gasteiger partial charge in [-0.25, -0.2) is 0 Å². The molecular formula is C42H39N3O15. The lowest BCUT2D eigenvalue weighted by Crippen LogP contribution is -2.26. The molecule has 3 N–H and O–H groups in total. The largest absolute Gasteiger partial charge is 0.423 e. The number of ether oxygens (including phenoxy) is 6. The van der Waals surface area contributed by atoms with E-state index < -0.39 is 53.5 Å². The number of esters is 6. The Labute approximate surface area is 342 Å². The van der Waals surface area contributed by atoms with E-state index >= 15 is 0 Å². The van der Waals surface area contributed by atoms with Crippen molar-refractivity contribution in [2.24, 2.45) is 0 Å². The summed E-state index contributed by atoms with van der Waals surface area (Å²) in [4.78, 5) is 111. The van der Waals surface area contributed by atoms with Crippen molar-refractivity contribution in [1.29, 1.82) is 0 Å². The Kier molecular flexibility index (Phi) is 15.3. The molecule has 4 aromatic rings. The van der Waals surface area contributed by atoms with Crippen LogP contribution in [-0.2, 0) is 48.4 Å². The van der Waals surface area contributed by atoms with E-state index in [0.29, 0.717) is 16.7 Å². The highest BCUT2D eigenvalue weighted by Gasteiger charge is 2.23. The van der Waals surface area contributed by atoms with Crippen LogP contribution in [0, 0.1) is 0 Å². The molecule has 0 atom stereocenters. The van der Waals surface area contributed by atoms with Gasteiger partial charge in [0, 0.05) is 61.2 Å². The van der Waals surface area contributed by atoms with Gasteiger partial charge in [0.25, 0.3) is 17.7 Å². The number of hydrogen-bond acceptors (Lipinski definition) is 15. The maximum Gasteiger partial charge on any atom is 0.308 e. The summed E-state index contributed by atoms with van der Waals surface area (Å²) in [5, 5.41) is 8.14. The molecule has 0 aliphatic carbocycles. The molecule has 312 valence electrons. The van der Waals surface area contributed by atoms with E-state index in [1.165, 1.54) is 54.6 Å². The molecule has 0 aromatic heterocycles. The molecule has 4 rings (SSSR count). The normalized spacial score (nSPS) is 10.3. The third kappa shape index (κ3) is 12.8. The number of rotatable bonds is 15. The van der Waals surface area contributed by atoms with E-state index in [9.17, 15) is 43.2 Å². The molecule has 0 spiro atoms. The predicted molar refractivity (Wildman–Crippen MR) is 207 cm³/mol. The van der Waals surface area contributed by atoms with Crippen molar-refractivity contribution in [2.45, 2.75) is 61.2 Å². The summed E-state index contributed by atoms with van der Waals surface area (Å²) >= 11 is 0. The van der Waals surface area contributed by atoms with Crippen LogP contribution in [0.5, 0.6) is 34.5 Å². The first-order valence-electron chi connectivity index (χ1n) is 17.9. The van der Waals surface area contributed by atoms with Crippen molar-refractivity contribution >= 4 is 53.5 Å². The number of amides is 3. The lowest BCUT2D eigenvalue weighted by atomic mass is 10.0. The highest BCUT2D eigenvalue weighted by molar-refractivity contribution is 6.00. The number of carbonyl (C=O) groups excluding carboxylic acids is 9. The van der Waals surface area contributed by atoms with Crippen LogP contribution in [0.4, 0.5) is 0 Å². The molecule has 0 aliphatic rings. The first-order valence-corrected chi connectivity index (χ1v) is 17.9. The lowest BCUT2D eigenvalue weighted by molar-refractivity contribution is -0.134. The van der Waals surface area contributed by atoms with Crippen LogP contribution in [0.25, 0.3) is 0 Å². The standard InChI is InChI=1S/C42H39N3O15/c1-22(46)55-34-13-7-10-31(37(34)58-25(4)49)40(52)43-19-28-16-29(20-44-41(53)32-11-8-14-35(56-23(2)47)38(32)59-26(5)50)18-30(17-28)21-45-42(54)33-12-9-15-36(57-24(3)48)39(33)60-27(6)51/h7-18H,19-21H2,1-6H3,(H,43,52)(H,44,53)(H,45,54). The topological polar surface area (TPSA) is 245 Å². The minimum absolute atomic E-state index is 0.126. The highest BCUT2D eigenvalue weighted by atomic mass is 16.6. The third-order valence-electron chi connectivity index (χ3n) is 7.64. The minimum atomic E-state index is -0.777. The van der Waals surface area contributed by atoms with E-state index in [4.69, 9.17) is 28.4 Å². The summed E-state index contributed by atoms with van der Waals surface area (Å²) in [6.07, 6.45) is 0. The number of carbonyl (C=O) groups is 9. The van der Waals surface area contributed by atoms with Crippen molar-refractivity contribution in [1.82, 2.24) is 16.0 Å². The molecule has 0 fully saturated rings. The van der Waals surface area contributed by atoms with E-state index in [1.54, 1.807) is 18.2 Å². The van der Waals surface area contributed by atoms with Gasteiger partial charge in [-0.1, -0.05) is 36.4 Å². The lowest BCUT2D eigenvalue weighted by Gasteiger charge is -2.16. The molecule has 18 heteroatoms. The molecule has 0 aliphatic heterocycles. The van der Waals surface area contributed by atoms with Crippen LogP contribution >= 0.6 is 0 Å². The van der Waals surface area contributed by atoms with E-state index in [2.05, 4.69) is 16.0 Å². The van der Waals surface area contributed by atoms with Gasteiger partial charge in [0.15, 0.2) is 34.5 Å². The zero-order valence-corrected chi connectivity index (χ0v) is 33.2. The summed E-state index contributed by atoms with van der Waals surface area (Å²) in [6, 6.07) is 17.3. The second-order valence-corrected chi connectivity index (χ2v) is 12.7. The van der Waals surface area contributed by atoms with Gasteiger partial charge in [-0.2, -0.15) is 0 Å². The monoisotopic (exact) mass is 825 g/mol. The Morgan fingerprint density at radius 3 is 0.817 bits per heavy atom. The Morgan fingerprint density at radius 1 is 0.367 bits per heavy atom. The van der Waals surface area contributed by atoms with E-state index in [1.807, 2.05) is 0 Å². The van der Waals surface area contributed by atoms with Gasteiger partial charge < -0.3 is 44.4 Å². The molecule has 4 aromatic carbocycles. The Bertz CT molecular complexity index is 2120. The summed E-state index contributed by atoms with van der Waals surface area (Å²) in [5.74, 6) is -7.97. The maximum atomic E-state index is 13.5. The average molecular weight is 826 g/mol. The second kappa shape index (κ2) is 20.5. The zero-order valence-electron chi connectivity index (χ0n) is 33.2. The van der Waals surface area contributed by atoms with Gasteiger partial charge in [-0.15, -0.1) is 0 Å². The number of benzene rings is 4. The predicted octanol–water partition coefficient (Wildman–Crippen LogP) is 4.03. The van der Waals surface area contributed by atoms with Crippen LogP contribution in [0.2, 0.25) is 0 Å². The highest BCUT2D eigenvalue weighted by Crippen LogP contribution is 2.34. The molecule has 60 heavy (non-hydrogen) atoms. The summed E-state index contributed by atoms with van der Waals surface area (Å²) in [7, 11) is 0. The van der Waals surface area contributed by atoms with Crippen LogP contribution in [0.1, 0.15) is 89.3 Å². The molecule has 0 radical (unpaired) electrons. The summed E-state index contributed by atoms with van der Waals surface area (Å²) < 4.78 is 31.0. The quantitative estimate of drug-likeness (QED) is 0.113. The molecule has 18 nitrogen and oxygen atoms in total. The third-order valence-corrected chi connectivity index (χ3v) is 7.64. The SMILES string of the molecule is CC(=O)Oc1cccc(C(=O)NCc2cc(CNC(=O)c3cccc(OC(C)=O)c3OC(C)=O)cc(CNC(=O)c3cccc(OC(C)=O)c3OC(C)=O)c2)c1OC(C)=O. The summed E-state index contributed by atoms with van der Waals surface area (Å²) in [6.45, 7) is 6.28. The van der Waals surface area contributed by atoms with Gasteiger partial charge in [-0.3, -0.25) is 43.2 Å². The molecule has 0 saturated heterocycles. The molecule has 0 unspecified atom stereocenters. The minimum Gasteiger partial charge on any atom is -0.423 e. The van der Waals surface area contributed by atoms with E-state index in [0.717, 1.165) is 41.5 Å². The molecule has 0 saturated carbocycles. The molecule has 0 bridgehead atoms. The number of para-hydroxylation sites is 3. The van der Waals surface area contributed by atoms with Gasteiger partial charge >= 0.3 is 35.8 Å². The Morgan fingerprint density at radius 2 is 0.600 bits per heavy atom. The van der Waals surface area contributed by atoms with Crippen LogP contribution in [-0.4, -0.2) is 53.5 Å². The van der Waals surface area contributed by atoms with Crippen LogP contribution in [0.3, 0.4) is 0 Å². The van der Waals surface area contributed by atoms with Gasteiger partial charge in [0.05, 0.1) is 16.7 Å². The van der Waals surface area contributed by atoms with E-state index in [-0.39, 0.29) is 70.8 Å². The molecule has 0 heterocycles. The molecule has 3 amide bonds. The fourth-order valence-corrected chi connectivity index (χ4v) is 5.51. The van der Waals surface area contributed by atoms with Crippen LogP contribution in [0.15, 0.2) is 72.8 Å². The first kappa shape index (κ1) is 44.8. The average Bonchev–Trinajstić information content (AvgIpc) is 3.16. The number of nitrogens with one attached hydrogen (secondary N) is 3. The van der Waals surface area contributed by atoms with Gasteiger partial charge in [0.2, 0.25) is 0 Å². The second-order valence-electron chi connectivity index (χ2n) is 12.7. The van der Waals surface area contributed by atoms with Gasteiger partial charge in [-0.05, 0) is 53.1 Å². The fourth-order valence-electron chi connectivity index (χ4n) is 5.51. The van der Waals surface area contributed by atoms with Gasteiger partial charge in [0.1, 0.15) is 0 Å². The van der Waals surface area contributed by atoms with Crippen molar-refractivity contribution < 1.29 is 71.6 Å². The smallest absolute Gasteiger partial charge is 0.308 e. The zero-order chi connectivity index (χ0) is 44.1. The number of hydrogen-bond donors (Lipinski definition) is 3. The van der Waals surface area contributed by atoms with Crippen molar-refractivity contribution in [2.75, 3.05) is 0 Å². The first-order chi connectivity index (χ1) is 28.4. The van der Waals surface area contributed by atoms with Crippen molar-refractivity contribution in [3.05, 3.63) is 106 Å². The maximum absolute atomic E-state index is 13.5. The fraction of sp³-hybridized carbons (Fsp3) is 0.214. The van der Waals surface area contributed by atoms with Crippen molar-refractivity contribution in [3.63, 3.8) is 0 Å². The Balaban J connectivity index is 1.66. The van der Waals surface area contributed by atoms with Crippen molar-refractivity contribution in [3.8, 4) is 34.5 Å².